The van der Waals surface area contributed by atoms with Gasteiger partial charge >= 0.3 is 11.9 Å². The Balaban J connectivity index is 2.62. The van der Waals surface area contributed by atoms with Crippen LogP contribution in [-0.4, -0.2) is 47.0 Å². The summed E-state index contributed by atoms with van der Waals surface area (Å²) in [6.07, 6.45) is 2.51. The van der Waals surface area contributed by atoms with Crippen molar-refractivity contribution in [1.82, 2.24) is 4.90 Å². The molecular weight excluding hydrogens is 262 g/mol. The first kappa shape index (κ1) is 16.5. The van der Waals surface area contributed by atoms with Gasteiger partial charge in [-0.3, -0.25) is 9.59 Å². The summed E-state index contributed by atoms with van der Waals surface area (Å²) in [6.45, 7) is 4.31. The second-order valence-corrected chi connectivity index (χ2v) is 5.26. The van der Waals surface area contributed by atoms with Gasteiger partial charge in [0, 0.05) is 19.4 Å². The largest absolute Gasteiger partial charge is 0.481 e. The Bertz CT molecular complexity index is 369. The second-order valence-electron chi connectivity index (χ2n) is 5.26. The lowest BCUT2D eigenvalue weighted by atomic mass is 9.98. The third-order valence-corrected chi connectivity index (χ3v) is 3.43. The van der Waals surface area contributed by atoms with E-state index in [2.05, 4.69) is 0 Å². The van der Waals surface area contributed by atoms with Crippen molar-refractivity contribution in [2.24, 2.45) is 5.92 Å². The molecule has 6 nitrogen and oxygen atoms in total. The van der Waals surface area contributed by atoms with E-state index < -0.39 is 12.0 Å². The van der Waals surface area contributed by atoms with Crippen molar-refractivity contribution >= 4 is 17.8 Å². The smallest absolute Gasteiger partial charge is 0.328 e. The highest BCUT2D eigenvalue weighted by molar-refractivity contribution is 5.85. The van der Waals surface area contributed by atoms with Crippen LogP contribution in [0.15, 0.2) is 0 Å². The molecule has 1 N–H and O–H groups in total. The van der Waals surface area contributed by atoms with Crippen molar-refractivity contribution in [3.05, 3.63) is 0 Å². The number of carboxylic acids is 1. The van der Waals surface area contributed by atoms with Crippen LogP contribution >= 0.6 is 0 Å². The van der Waals surface area contributed by atoms with E-state index in [9.17, 15) is 14.4 Å². The molecule has 0 bridgehead atoms. The SMILES string of the molecule is CCOC(=O)C1CCCCN1C(=O)CC(C)CC(=O)O. The first-order chi connectivity index (χ1) is 9.45. The molecule has 0 aromatic rings. The van der Waals surface area contributed by atoms with Crippen LogP contribution in [0, 0.1) is 5.92 Å². The zero-order valence-corrected chi connectivity index (χ0v) is 12.1. The fraction of sp³-hybridized carbons (Fsp3) is 0.786. The van der Waals surface area contributed by atoms with Gasteiger partial charge in [-0.1, -0.05) is 6.92 Å². The highest BCUT2D eigenvalue weighted by Gasteiger charge is 2.33. The number of amides is 1. The van der Waals surface area contributed by atoms with Crippen LogP contribution in [0.4, 0.5) is 0 Å². The number of aliphatic carboxylic acids is 1. The van der Waals surface area contributed by atoms with Crippen molar-refractivity contribution in [1.29, 1.82) is 0 Å². The average molecular weight is 285 g/mol. The summed E-state index contributed by atoms with van der Waals surface area (Å²) in [5, 5.41) is 8.72. The number of piperidine rings is 1. The number of hydrogen-bond acceptors (Lipinski definition) is 4. The van der Waals surface area contributed by atoms with Crippen LogP contribution in [0.3, 0.4) is 0 Å². The maximum Gasteiger partial charge on any atom is 0.328 e. The number of carbonyl (C=O) groups excluding carboxylic acids is 2. The molecule has 114 valence electrons. The van der Waals surface area contributed by atoms with E-state index in [4.69, 9.17) is 9.84 Å². The van der Waals surface area contributed by atoms with Gasteiger partial charge in [-0.15, -0.1) is 0 Å². The van der Waals surface area contributed by atoms with Crippen LogP contribution < -0.4 is 0 Å². The van der Waals surface area contributed by atoms with Gasteiger partial charge in [-0.25, -0.2) is 4.79 Å². The number of ether oxygens (including phenoxy) is 1. The normalized spacial score (nSPS) is 20.3. The minimum absolute atomic E-state index is 0.0380. The molecule has 1 rings (SSSR count). The number of esters is 1. The zero-order valence-electron chi connectivity index (χ0n) is 12.1. The Kier molecular flexibility index (Phi) is 6.48. The van der Waals surface area contributed by atoms with E-state index in [0.29, 0.717) is 19.6 Å². The lowest BCUT2D eigenvalue weighted by molar-refractivity contribution is -0.157. The lowest BCUT2D eigenvalue weighted by Crippen LogP contribution is -2.49. The molecule has 1 aliphatic heterocycles. The summed E-state index contributed by atoms with van der Waals surface area (Å²) < 4.78 is 5.00. The number of hydrogen-bond donors (Lipinski definition) is 1. The van der Waals surface area contributed by atoms with Gasteiger partial charge in [0.2, 0.25) is 5.91 Å². The third kappa shape index (κ3) is 4.83. The van der Waals surface area contributed by atoms with Gasteiger partial charge in [0.15, 0.2) is 0 Å². The minimum atomic E-state index is -0.911. The summed E-state index contributed by atoms with van der Waals surface area (Å²) >= 11 is 0. The molecule has 0 radical (unpaired) electrons. The summed E-state index contributed by atoms with van der Waals surface area (Å²) in [4.78, 5) is 36.3. The molecule has 1 saturated heterocycles. The molecular formula is C14H23NO5. The Labute approximate surface area is 119 Å². The summed E-state index contributed by atoms with van der Waals surface area (Å²) in [5.74, 6) is -1.65. The first-order valence-electron chi connectivity index (χ1n) is 7.13. The fourth-order valence-corrected chi connectivity index (χ4v) is 2.50. The van der Waals surface area contributed by atoms with Gasteiger partial charge in [0.05, 0.1) is 6.61 Å². The molecule has 20 heavy (non-hydrogen) atoms. The average Bonchev–Trinajstić information content (AvgIpc) is 2.37. The summed E-state index contributed by atoms with van der Waals surface area (Å²) in [6, 6.07) is -0.506. The van der Waals surface area contributed by atoms with E-state index in [0.717, 1.165) is 12.8 Å². The predicted molar refractivity (Wildman–Crippen MR) is 72.0 cm³/mol. The maximum atomic E-state index is 12.2. The van der Waals surface area contributed by atoms with Crippen LogP contribution in [0.5, 0.6) is 0 Å². The molecule has 0 saturated carbocycles. The quantitative estimate of drug-likeness (QED) is 0.746. The summed E-state index contributed by atoms with van der Waals surface area (Å²) in [7, 11) is 0. The van der Waals surface area contributed by atoms with E-state index in [-0.39, 0.29) is 30.6 Å². The molecule has 2 atom stereocenters. The number of rotatable bonds is 6. The van der Waals surface area contributed by atoms with Crippen LogP contribution in [0.1, 0.15) is 46.0 Å². The zero-order chi connectivity index (χ0) is 15.1. The molecule has 0 spiro atoms. The van der Waals surface area contributed by atoms with Crippen LogP contribution in [-0.2, 0) is 19.1 Å². The van der Waals surface area contributed by atoms with Crippen molar-refractivity contribution in [2.45, 2.75) is 52.0 Å². The highest BCUT2D eigenvalue weighted by atomic mass is 16.5. The topological polar surface area (TPSA) is 83.9 Å². The standard InChI is InChI=1S/C14H23NO5/c1-3-20-14(19)11-6-4-5-7-15(11)12(16)8-10(2)9-13(17)18/h10-11H,3-9H2,1-2H3,(H,17,18). The monoisotopic (exact) mass is 285 g/mol. The van der Waals surface area contributed by atoms with E-state index in [1.807, 2.05) is 0 Å². The van der Waals surface area contributed by atoms with Crippen molar-refractivity contribution in [2.75, 3.05) is 13.2 Å². The van der Waals surface area contributed by atoms with Crippen LogP contribution in [0.2, 0.25) is 0 Å². The first-order valence-corrected chi connectivity index (χ1v) is 7.13. The molecule has 0 aromatic carbocycles. The Morgan fingerprint density at radius 3 is 2.60 bits per heavy atom. The van der Waals surface area contributed by atoms with Gasteiger partial charge in [-0.05, 0) is 32.1 Å². The molecule has 1 fully saturated rings. The van der Waals surface area contributed by atoms with Gasteiger partial charge in [-0.2, -0.15) is 0 Å². The van der Waals surface area contributed by atoms with Crippen molar-refractivity contribution in [3.8, 4) is 0 Å². The molecule has 1 aliphatic rings. The van der Waals surface area contributed by atoms with Gasteiger partial charge < -0.3 is 14.7 Å². The van der Waals surface area contributed by atoms with Crippen molar-refractivity contribution in [3.63, 3.8) is 0 Å². The van der Waals surface area contributed by atoms with E-state index in [1.54, 1.807) is 18.7 Å². The number of nitrogens with zero attached hydrogens (tertiary/aromatic N) is 1. The predicted octanol–water partition coefficient (Wildman–Crippen LogP) is 1.43. The van der Waals surface area contributed by atoms with Gasteiger partial charge in [0.25, 0.3) is 0 Å². The van der Waals surface area contributed by atoms with E-state index in [1.165, 1.54) is 0 Å². The molecule has 1 amide bonds. The molecule has 6 heteroatoms. The molecule has 2 unspecified atom stereocenters. The number of carboxylic acid groups (broad SMARTS) is 1. The maximum absolute atomic E-state index is 12.2. The molecule has 0 aromatic heterocycles. The molecule has 1 heterocycles. The lowest BCUT2D eigenvalue weighted by Gasteiger charge is -2.34. The van der Waals surface area contributed by atoms with Crippen molar-refractivity contribution < 1.29 is 24.2 Å². The van der Waals surface area contributed by atoms with Crippen LogP contribution in [0.25, 0.3) is 0 Å². The third-order valence-electron chi connectivity index (χ3n) is 3.43. The number of likely N-dealkylation sites (tertiary alicyclic amines) is 1. The van der Waals surface area contributed by atoms with Gasteiger partial charge in [0.1, 0.15) is 6.04 Å². The van der Waals surface area contributed by atoms with E-state index >= 15 is 0 Å². The Morgan fingerprint density at radius 2 is 2.00 bits per heavy atom. The fourth-order valence-electron chi connectivity index (χ4n) is 2.50. The second kappa shape index (κ2) is 7.87. The Hall–Kier alpha value is -1.59. The summed E-state index contributed by atoms with van der Waals surface area (Å²) in [5.41, 5.74) is 0. The number of carbonyl (C=O) groups is 3. The highest BCUT2D eigenvalue weighted by Crippen LogP contribution is 2.21. The minimum Gasteiger partial charge on any atom is -0.481 e. The Morgan fingerprint density at radius 1 is 1.30 bits per heavy atom. The molecule has 0 aliphatic carbocycles.